The zero-order chi connectivity index (χ0) is 16.4. The van der Waals surface area contributed by atoms with Crippen LogP contribution in [-0.4, -0.2) is 15.9 Å². The molecule has 0 atom stereocenters. The van der Waals surface area contributed by atoms with E-state index in [1.165, 1.54) is 0 Å². The molecular formula is C18H19N3OS. The molecule has 5 heteroatoms. The second kappa shape index (κ2) is 6.46. The summed E-state index contributed by atoms with van der Waals surface area (Å²) in [6, 6.07) is 9.89. The first kappa shape index (κ1) is 15.6. The Morgan fingerprint density at radius 1 is 1.30 bits per heavy atom. The van der Waals surface area contributed by atoms with Gasteiger partial charge in [-0.3, -0.25) is 4.79 Å². The summed E-state index contributed by atoms with van der Waals surface area (Å²) in [6.07, 6.45) is 2.30. The number of thiazole rings is 1. The smallest absolute Gasteiger partial charge is 0.224 e. The van der Waals surface area contributed by atoms with E-state index in [1.54, 1.807) is 17.5 Å². The number of nitrogens with one attached hydrogen (secondary N) is 1. The third-order valence-electron chi connectivity index (χ3n) is 3.52. The number of hydrogen-bond donors (Lipinski definition) is 1. The molecule has 0 fully saturated rings. The Hall–Kier alpha value is -2.27. The average Bonchev–Trinajstić information content (AvgIpc) is 2.92. The molecule has 0 saturated heterocycles. The van der Waals surface area contributed by atoms with Crippen molar-refractivity contribution in [2.75, 3.05) is 5.32 Å². The monoisotopic (exact) mass is 325 g/mol. The highest BCUT2D eigenvalue weighted by atomic mass is 32.1. The Labute approximate surface area is 139 Å². The summed E-state index contributed by atoms with van der Waals surface area (Å²) in [5.41, 5.74) is 3.79. The maximum atomic E-state index is 12.0. The van der Waals surface area contributed by atoms with Gasteiger partial charge in [-0.15, -0.1) is 0 Å². The van der Waals surface area contributed by atoms with Gasteiger partial charge >= 0.3 is 0 Å². The van der Waals surface area contributed by atoms with Gasteiger partial charge in [0.2, 0.25) is 5.91 Å². The van der Waals surface area contributed by atoms with Crippen LogP contribution in [0.5, 0.6) is 0 Å². The van der Waals surface area contributed by atoms with E-state index in [2.05, 4.69) is 15.3 Å². The SMILES string of the molecule is Cc1ccc(-c2nc3cccnc3s2)cc1NC(=O)CC(C)C. The molecule has 118 valence electrons. The number of fused-ring (bicyclic) bond motifs is 1. The fraction of sp³-hybridized carbons (Fsp3) is 0.278. The second-order valence-electron chi connectivity index (χ2n) is 6.02. The van der Waals surface area contributed by atoms with Crippen molar-refractivity contribution in [2.45, 2.75) is 27.2 Å². The van der Waals surface area contributed by atoms with Gasteiger partial charge in [-0.2, -0.15) is 0 Å². The quantitative estimate of drug-likeness (QED) is 0.759. The van der Waals surface area contributed by atoms with Gasteiger partial charge in [0.05, 0.1) is 0 Å². The number of aromatic nitrogens is 2. The van der Waals surface area contributed by atoms with Crippen molar-refractivity contribution < 1.29 is 4.79 Å². The van der Waals surface area contributed by atoms with E-state index in [1.807, 2.05) is 51.1 Å². The maximum absolute atomic E-state index is 12.0. The van der Waals surface area contributed by atoms with Crippen molar-refractivity contribution in [1.82, 2.24) is 9.97 Å². The number of anilines is 1. The lowest BCUT2D eigenvalue weighted by atomic mass is 10.1. The largest absolute Gasteiger partial charge is 0.326 e. The number of amides is 1. The van der Waals surface area contributed by atoms with Crippen LogP contribution >= 0.6 is 11.3 Å². The molecule has 1 aromatic carbocycles. The number of rotatable bonds is 4. The van der Waals surface area contributed by atoms with Crippen LogP contribution in [0.25, 0.3) is 20.9 Å². The number of carbonyl (C=O) groups is 1. The van der Waals surface area contributed by atoms with Gasteiger partial charge in [0.25, 0.3) is 0 Å². The number of hydrogen-bond acceptors (Lipinski definition) is 4. The zero-order valence-electron chi connectivity index (χ0n) is 13.5. The van der Waals surface area contributed by atoms with Gasteiger partial charge < -0.3 is 5.32 Å². The van der Waals surface area contributed by atoms with Gasteiger partial charge in [0.1, 0.15) is 15.4 Å². The molecule has 23 heavy (non-hydrogen) atoms. The Morgan fingerprint density at radius 3 is 2.87 bits per heavy atom. The van der Waals surface area contributed by atoms with Gasteiger partial charge in [-0.25, -0.2) is 9.97 Å². The molecule has 0 unspecified atom stereocenters. The third kappa shape index (κ3) is 3.56. The van der Waals surface area contributed by atoms with E-state index in [0.29, 0.717) is 12.3 Å². The predicted molar refractivity (Wildman–Crippen MR) is 95.7 cm³/mol. The van der Waals surface area contributed by atoms with Crippen LogP contribution in [0.15, 0.2) is 36.5 Å². The van der Waals surface area contributed by atoms with Crippen LogP contribution in [0, 0.1) is 12.8 Å². The Kier molecular flexibility index (Phi) is 4.39. The molecule has 2 heterocycles. The van der Waals surface area contributed by atoms with Crippen molar-refractivity contribution in [2.24, 2.45) is 5.92 Å². The molecule has 3 aromatic rings. The highest BCUT2D eigenvalue weighted by Gasteiger charge is 2.11. The maximum Gasteiger partial charge on any atom is 0.224 e. The molecule has 1 amide bonds. The van der Waals surface area contributed by atoms with Crippen molar-refractivity contribution in [1.29, 1.82) is 0 Å². The first-order valence-corrected chi connectivity index (χ1v) is 8.47. The van der Waals surface area contributed by atoms with Crippen molar-refractivity contribution >= 4 is 33.3 Å². The van der Waals surface area contributed by atoms with E-state index < -0.39 is 0 Å². The lowest BCUT2D eigenvalue weighted by molar-refractivity contribution is -0.116. The molecule has 1 N–H and O–H groups in total. The normalized spacial score (nSPS) is 11.1. The molecular weight excluding hydrogens is 306 g/mol. The first-order valence-electron chi connectivity index (χ1n) is 7.65. The van der Waals surface area contributed by atoms with E-state index >= 15 is 0 Å². The fourth-order valence-corrected chi connectivity index (χ4v) is 3.26. The van der Waals surface area contributed by atoms with Crippen LogP contribution in [0.3, 0.4) is 0 Å². The highest BCUT2D eigenvalue weighted by Crippen LogP contribution is 2.31. The summed E-state index contributed by atoms with van der Waals surface area (Å²) < 4.78 is 0. The fourth-order valence-electron chi connectivity index (χ4n) is 2.36. The summed E-state index contributed by atoms with van der Waals surface area (Å²) in [7, 11) is 0. The van der Waals surface area contributed by atoms with Gasteiger partial charge in [-0.05, 0) is 36.6 Å². The number of pyridine rings is 1. The van der Waals surface area contributed by atoms with Crippen LogP contribution < -0.4 is 5.32 Å². The topological polar surface area (TPSA) is 54.9 Å². The lowest BCUT2D eigenvalue weighted by Gasteiger charge is -2.11. The summed E-state index contributed by atoms with van der Waals surface area (Å²) >= 11 is 1.56. The Balaban J connectivity index is 1.91. The second-order valence-corrected chi connectivity index (χ2v) is 7.00. The number of aryl methyl sites for hydroxylation is 1. The predicted octanol–water partition coefficient (Wildman–Crippen LogP) is 4.65. The van der Waals surface area contributed by atoms with Crippen LogP contribution in [-0.2, 0) is 4.79 Å². The highest BCUT2D eigenvalue weighted by molar-refractivity contribution is 7.21. The average molecular weight is 325 g/mol. The molecule has 3 rings (SSSR count). The standard InChI is InChI=1S/C18H19N3OS/c1-11(2)9-16(22)20-15-10-13(7-6-12(15)3)17-21-14-5-4-8-19-18(14)23-17/h4-8,10-11H,9H2,1-3H3,(H,20,22). The van der Waals surface area contributed by atoms with E-state index in [0.717, 1.165) is 32.2 Å². The zero-order valence-corrected chi connectivity index (χ0v) is 14.3. The number of benzene rings is 1. The number of nitrogens with zero attached hydrogens (tertiary/aromatic N) is 2. The molecule has 0 saturated carbocycles. The van der Waals surface area contributed by atoms with E-state index in [9.17, 15) is 4.79 Å². The first-order chi connectivity index (χ1) is 11.0. The van der Waals surface area contributed by atoms with Crippen molar-refractivity contribution in [3.63, 3.8) is 0 Å². The van der Waals surface area contributed by atoms with Crippen LogP contribution in [0.2, 0.25) is 0 Å². The van der Waals surface area contributed by atoms with Crippen LogP contribution in [0.4, 0.5) is 5.69 Å². The third-order valence-corrected chi connectivity index (χ3v) is 4.55. The minimum Gasteiger partial charge on any atom is -0.326 e. The van der Waals surface area contributed by atoms with E-state index in [4.69, 9.17) is 0 Å². The van der Waals surface area contributed by atoms with Gasteiger partial charge in [0, 0.05) is 23.9 Å². The summed E-state index contributed by atoms with van der Waals surface area (Å²) in [6.45, 7) is 6.07. The number of carbonyl (C=O) groups excluding carboxylic acids is 1. The van der Waals surface area contributed by atoms with Crippen molar-refractivity contribution in [3.8, 4) is 10.6 Å². The van der Waals surface area contributed by atoms with Crippen molar-refractivity contribution in [3.05, 3.63) is 42.1 Å². The molecule has 0 aliphatic carbocycles. The Bertz CT molecular complexity index is 821. The summed E-state index contributed by atoms with van der Waals surface area (Å²) in [5.74, 6) is 0.389. The molecule has 0 aliphatic rings. The van der Waals surface area contributed by atoms with Gasteiger partial charge in [-0.1, -0.05) is 37.3 Å². The minimum absolute atomic E-state index is 0.0474. The molecule has 0 bridgehead atoms. The minimum atomic E-state index is 0.0474. The van der Waals surface area contributed by atoms with Crippen LogP contribution in [0.1, 0.15) is 25.8 Å². The Morgan fingerprint density at radius 2 is 2.13 bits per heavy atom. The lowest BCUT2D eigenvalue weighted by Crippen LogP contribution is -2.14. The van der Waals surface area contributed by atoms with E-state index in [-0.39, 0.29) is 5.91 Å². The molecule has 2 aromatic heterocycles. The summed E-state index contributed by atoms with van der Waals surface area (Å²) in [4.78, 5) is 21.9. The molecule has 0 spiro atoms. The molecule has 0 radical (unpaired) electrons. The summed E-state index contributed by atoms with van der Waals surface area (Å²) in [5, 5.41) is 3.92. The van der Waals surface area contributed by atoms with Gasteiger partial charge in [0.15, 0.2) is 0 Å². The molecule has 0 aliphatic heterocycles. The molecule has 4 nitrogen and oxygen atoms in total.